The van der Waals surface area contributed by atoms with Crippen LogP contribution in [0.3, 0.4) is 0 Å². The van der Waals surface area contributed by atoms with Crippen molar-refractivity contribution in [2.45, 2.75) is 24.8 Å². The van der Waals surface area contributed by atoms with E-state index < -0.39 is 33.9 Å². The number of carboxylic acids is 1. The van der Waals surface area contributed by atoms with Crippen molar-refractivity contribution in [2.24, 2.45) is 5.92 Å². The van der Waals surface area contributed by atoms with E-state index in [9.17, 15) is 18.0 Å². The minimum Gasteiger partial charge on any atom is -0.496 e. The monoisotopic (exact) mass is 345 g/mol. The Morgan fingerprint density at radius 2 is 1.83 bits per heavy atom. The highest BCUT2D eigenvalue weighted by atomic mass is 32.2. The Balaban J connectivity index is 3.28. The summed E-state index contributed by atoms with van der Waals surface area (Å²) in [6, 6.07) is 2.30. The van der Waals surface area contributed by atoms with E-state index in [4.69, 9.17) is 9.84 Å². The molecule has 0 aliphatic heterocycles. The smallest absolute Gasteiger partial charge is 0.341 e. The van der Waals surface area contributed by atoms with Crippen LogP contribution in [0.15, 0.2) is 23.1 Å². The molecule has 2 N–H and O–H groups in total. The highest BCUT2D eigenvalue weighted by molar-refractivity contribution is 7.89. The third-order valence-corrected chi connectivity index (χ3v) is 4.54. The average molecular weight is 345 g/mol. The van der Waals surface area contributed by atoms with Gasteiger partial charge in [0.1, 0.15) is 17.4 Å². The molecule has 1 aromatic carbocycles. The Labute approximate surface area is 134 Å². The van der Waals surface area contributed by atoms with Crippen molar-refractivity contribution in [1.82, 2.24) is 4.72 Å². The second-order valence-electron chi connectivity index (χ2n) is 5.03. The molecule has 0 spiro atoms. The molecule has 1 aromatic rings. The lowest BCUT2D eigenvalue weighted by atomic mass is 10.1. The molecule has 1 atom stereocenters. The Hall–Kier alpha value is -2.13. The van der Waals surface area contributed by atoms with Gasteiger partial charge in [-0.15, -0.1) is 0 Å². The molecule has 8 nitrogen and oxygen atoms in total. The number of hydrogen-bond acceptors (Lipinski definition) is 6. The number of carboxylic acid groups (broad SMARTS) is 1. The SMILES string of the molecule is COC(=O)c1cc(S(=O)(=O)NC(C(=O)O)C(C)C)ccc1OC. The fourth-order valence-corrected chi connectivity index (χ4v) is 3.19. The van der Waals surface area contributed by atoms with E-state index in [-0.39, 0.29) is 16.2 Å². The van der Waals surface area contributed by atoms with Crippen LogP contribution in [0.4, 0.5) is 0 Å². The molecule has 0 aromatic heterocycles. The number of carbonyl (C=O) groups is 2. The number of carbonyl (C=O) groups excluding carboxylic acids is 1. The lowest BCUT2D eigenvalue weighted by Gasteiger charge is -2.18. The highest BCUT2D eigenvalue weighted by Crippen LogP contribution is 2.23. The minimum absolute atomic E-state index is 0.0747. The van der Waals surface area contributed by atoms with Gasteiger partial charge in [-0.05, 0) is 24.1 Å². The topological polar surface area (TPSA) is 119 Å². The zero-order valence-corrected chi connectivity index (χ0v) is 14.0. The summed E-state index contributed by atoms with van der Waals surface area (Å²) in [6.07, 6.45) is 0. The lowest BCUT2D eigenvalue weighted by Crippen LogP contribution is -2.44. The van der Waals surface area contributed by atoms with Crippen LogP contribution < -0.4 is 9.46 Å². The van der Waals surface area contributed by atoms with Gasteiger partial charge in [0.15, 0.2) is 0 Å². The van der Waals surface area contributed by atoms with E-state index in [0.29, 0.717) is 0 Å². The molecule has 23 heavy (non-hydrogen) atoms. The van der Waals surface area contributed by atoms with Gasteiger partial charge in [-0.3, -0.25) is 4.79 Å². The van der Waals surface area contributed by atoms with Gasteiger partial charge in [0.2, 0.25) is 10.0 Å². The summed E-state index contributed by atoms with van der Waals surface area (Å²) in [5.41, 5.74) is -0.0747. The maximum atomic E-state index is 12.3. The van der Waals surface area contributed by atoms with Crippen LogP contribution in [-0.4, -0.2) is 45.7 Å². The Kier molecular flexibility index (Phi) is 6.11. The number of esters is 1. The number of hydrogen-bond donors (Lipinski definition) is 2. The molecule has 0 bridgehead atoms. The first-order chi connectivity index (χ1) is 10.6. The normalized spacial score (nSPS) is 12.7. The molecular formula is C14H19NO7S. The van der Waals surface area contributed by atoms with Crippen molar-refractivity contribution in [2.75, 3.05) is 14.2 Å². The second kappa shape index (κ2) is 7.42. The van der Waals surface area contributed by atoms with Crippen LogP contribution in [-0.2, 0) is 19.6 Å². The average Bonchev–Trinajstić information content (AvgIpc) is 2.50. The van der Waals surface area contributed by atoms with Crippen LogP contribution in [0.2, 0.25) is 0 Å². The van der Waals surface area contributed by atoms with Crippen molar-refractivity contribution >= 4 is 22.0 Å². The number of methoxy groups -OCH3 is 2. The van der Waals surface area contributed by atoms with Crippen LogP contribution in [0.5, 0.6) is 5.75 Å². The van der Waals surface area contributed by atoms with E-state index in [0.717, 1.165) is 13.2 Å². The number of nitrogens with one attached hydrogen (secondary N) is 1. The van der Waals surface area contributed by atoms with Crippen molar-refractivity contribution < 1.29 is 32.6 Å². The zero-order valence-electron chi connectivity index (χ0n) is 13.2. The molecular weight excluding hydrogens is 326 g/mol. The van der Waals surface area contributed by atoms with E-state index in [1.165, 1.54) is 19.2 Å². The van der Waals surface area contributed by atoms with Crippen LogP contribution in [0.1, 0.15) is 24.2 Å². The zero-order chi connectivity index (χ0) is 17.8. The number of ether oxygens (including phenoxy) is 2. The lowest BCUT2D eigenvalue weighted by molar-refractivity contribution is -0.140. The summed E-state index contributed by atoms with van der Waals surface area (Å²) in [6.45, 7) is 3.16. The molecule has 0 saturated carbocycles. The summed E-state index contributed by atoms with van der Waals surface area (Å²) in [7, 11) is -1.65. The molecule has 0 aliphatic rings. The largest absolute Gasteiger partial charge is 0.496 e. The molecule has 0 radical (unpaired) electrons. The third kappa shape index (κ3) is 4.42. The van der Waals surface area contributed by atoms with Crippen molar-refractivity contribution in [3.63, 3.8) is 0 Å². The molecule has 0 fully saturated rings. The first-order valence-corrected chi connectivity index (χ1v) is 8.13. The molecule has 1 rings (SSSR count). The molecule has 0 aliphatic carbocycles. The quantitative estimate of drug-likeness (QED) is 0.704. The Bertz CT molecular complexity index is 697. The molecule has 0 amide bonds. The van der Waals surface area contributed by atoms with Gasteiger partial charge in [-0.25, -0.2) is 13.2 Å². The summed E-state index contributed by atoms with van der Waals surface area (Å²) in [4.78, 5) is 22.6. The summed E-state index contributed by atoms with van der Waals surface area (Å²) in [5.74, 6) is -2.36. The molecule has 0 heterocycles. The number of sulfonamides is 1. The van der Waals surface area contributed by atoms with Gasteiger partial charge in [0, 0.05) is 0 Å². The van der Waals surface area contributed by atoms with Crippen molar-refractivity contribution in [3.8, 4) is 5.75 Å². The maximum Gasteiger partial charge on any atom is 0.341 e. The molecule has 128 valence electrons. The Morgan fingerprint density at radius 3 is 2.26 bits per heavy atom. The minimum atomic E-state index is -4.13. The maximum absolute atomic E-state index is 12.3. The summed E-state index contributed by atoms with van der Waals surface area (Å²) < 4.78 is 36.4. The first kappa shape index (κ1) is 18.9. The van der Waals surface area contributed by atoms with E-state index in [1.807, 2.05) is 0 Å². The fourth-order valence-electron chi connectivity index (χ4n) is 1.83. The van der Waals surface area contributed by atoms with Gasteiger partial charge in [-0.1, -0.05) is 13.8 Å². The highest BCUT2D eigenvalue weighted by Gasteiger charge is 2.29. The number of aliphatic carboxylic acids is 1. The summed E-state index contributed by atoms with van der Waals surface area (Å²) >= 11 is 0. The third-order valence-electron chi connectivity index (χ3n) is 3.10. The van der Waals surface area contributed by atoms with Gasteiger partial charge >= 0.3 is 11.9 Å². The van der Waals surface area contributed by atoms with E-state index >= 15 is 0 Å². The van der Waals surface area contributed by atoms with Crippen molar-refractivity contribution in [1.29, 1.82) is 0 Å². The van der Waals surface area contributed by atoms with Crippen LogP contribution in [0.25, 0.3) is 0 Å². The number of rotatable bonds is 7. The predicted molar refractivity (Wildman–Crippen MR) is 80.9 cm³/mol. The van der Waals surface area contributed by atoms with Crippen molar-refractivity contribution in [3.05, 3.63) is 23.8 Å². The molecule has 0 saturated heterocycles. The van der Waals surface area contributed by atoms with Gasteiger partial charge < -0.3 is 14.6 Å². The van der Waals surface area contributed by atoms with Gasteiger partial charge in [0.25, 0.3) is 0 Å². The molecule has 9 heteroatoms. The van der Waals surface area contributed by atoms with E-state index in [1.54, 1.807) is 13.8 Å². The van der Waals surface area contributed by atoms with E-state index in [2.05, 4.69) is 9.46 Å². The fraction of sp³-hybridized carbons (Fsp3) is 0.429. The van der Waals surface area contributed by atoms with Crippen LogP contribution in [0, 0.1) is 5.92 Å². The molecule has 1 unspecified atom stereocenters. The van der Waals surface area contributed by atoms with Gasteiger partial charge in [-0.2, -0.15) is 4.72 Å². The number of benzene rings is 1. The Morgan fingerprint density at radius 1 is 1.22 bits per heavy atom. The van der Waals surface area contributed by atoms with Gasteiger partial charge in [0.05, 0.1) is 19.1 Å². The standard InChI is InChI=1S/C14H19NO7S/c1-8(2)12(13(16)17)15-23(19,20)9-5-6-11(21-3)10(7-9)14(18)22-4/h5-8,12,15H,1-4H3,(H,16,17). The first-order valence-electron chi connectivity index (χ1n) is 6.65. The second-order valence-corrected chi connectivity index (χ2v) is 6.75. The summed E-state index contributed by atoms with van der Waals surface area (Å²) in [5, 5.41) is 9.10. The predicted octanol–water partition coefficient (Wildman–Crippen LogP) is 0.869. The van der Waals surface area contributed by atoms with Crippen LogP contribution >= 0.6 is 0 Å².